The molecule has 2 rings (SSSR count). The van der Waals surface area contributed by atoms with Crippen LogP contribution in [0.15, 0.2) is 24.4 Å². The van der Waals surface area contributed by atoms with Gasteiger partial charge in [-0.1, -0.05) is 19.9 Å². The third-order valence-electron chi connectivity index (χ3n) is 3.21. The zero-order chi connectivity index (χ0) is 10.7. The van der Waals surface area contributed by atoms with E-state index < -0.39 is 0 Å². The molecule has 15 heavy (non-hydrogen) atoms. The first-order valence-electron chi connectivity index (χ1n) is 5.91. The highest BCUT2D eigenvalue weighted by molar-refractivity contribution is 5.10. The Balaban J connectivity index is 1.94. The highest BCUT2D eigenvalue weighted by Gasteiger charge is 2.38. The van der Waals surface area contributed by atoms with Gasteiger partial charge in [0.15, 0.2) is 0 Å². The second kappa shape index (κ2) is 4.75. The van der Waals surface area contributed by atoms with Gasteiger partial charge in [-0.15, -0.1) is 0 Å². The molecule has 1 aliphatic heterocycles. The number of pyridine rings is 1. The molecule has 0 aliphatic carbocycles. The third kappa shape index (κ3) is 2.57. The molecular formula is C13H19NO. The largest absolute Gasteiger partial charge is 0.370 e. The minimum atomic E-state index is 0.488. The second-order valence-corrected chi connectivity index (χ2v) is 4.22. The van der Waals surface area contributed by atoms with Gasteiger partial charge < -0.3 is 4.74 Å². The highest BCUT2D eigenvalue weighted by Crippen LogP contribution is 2.35. The quantitative estimate of drug-likeness (QED) is 0.690. The van der Waals surface area contributed by atoms with Crippen LogP contribution in [-0.4, -0.2) is 17.2 Å². The van der Waals surface area contributed by atoms with Crippen molar-refractivity contribution in [1.82, 2.24) is 4.98 Å². The van der Waals surface area contributed by atoms with Gasteiger partial charge in [-0.2, -0.15) is 0 Å². The summed E-state index contributed by atoms with van der Waals surface area (Å²) in [6.45, 7) is 4.41. The number of ether oxygens (including phenoxy) is 1. The molecule has 1 aromatic heterocycles. The molecule has 0 aromatic carbocycles. The Bertz CT molecular complexity index is 299. The number of hydrogen-bond acceptors (Lipinski definition) is 2. The Hall–Kier alpha value is -0.890. The minimum absolute atomic E-state index is 0.488. The van der Waals surface area contributed by atoms with E-state index in [1.54, 1.807) is 0 Å². The molecular weight excluding hydrogens is 186 g/mol. The van der Waals surface area contributed by atoms with Crippen molar-refractivity contribution < 1.29 is 4.74 Å². The van der Waals surface area contributed by atoms with E-state index >= 15 is 0 Å². The van der Waals surface area contributed by atoms with Gasteiger partial charge in [0.2, 0.25) is 0 Å². The Labute approximate surface area is 91.7 Å². The van der Waals surface area contributed by atoms with Crippen LogP contribution >= 0.6 is 0 Å². The first kappa shape index (κ1) is 10.6. The predicted octanol–water partition coefficient (Wildman–Crippen LogP) is 3.14. The SMILES string of the molecule is CCC(CC1OC1CC)c1ccccn1. The van der Waals surface area contributed by atoms with Crippen molar-refractivity contribution in [3.05, 3.63) is 30.1 Å². The molecule has 3 atom stereocenters. The van der Waals surface area contributed by atoms with Gasteiger partial charge in [-0.05, 0) is 31.4 Å². The normalized spacial score (nSPS) is 26.3. The van der Waals surface area contributed by atoms with Crippen LogP contribution in [-0.2, 0) is 4.74 Å². The molecule has 2 nitrogen and oxygen atoms in total. The van der Waals surface area contributed by atoms with Crippen molar-refractivity contribution in [2.45, 2.75) is 51.2 Å². The first-order valence-corrected chi connectivity index (χ1v) is 5.91. The molecule has 0 saturated carbocycles. The van der Waals surface area contributed by atoms with E-state index in [9.17, 15) is 0 Å². The standard InChI is InChI=1S/C13H19NO/c1-3-10(9-13-12(4-2)15-13)11-7-5-6-8-14-11/h5-8,10,12-13H,3-4,9H2,1-2H3. The maximum Gasteiger partial charge on any atom is 0.0848 e. The summed E-state index contributed by atoms with van der Waals surface area (Å²) in [5, 5.41) is 0. The Morgan fingerprint density at radius 1 is 1.33 bits per heavy atom. The number of hydrogen-bond donors (Lipinski definition) is 0. The molecule has 1 saturated heterocycles. The molecule has 2 heterocycles. The Kier molecular flexibility index (Phi) is 3.37. The molecule has 0 bridgehead atoms. The number of rotatable bonds is 5. The third-order valence-corrected chi connectivity index (χ3v) is 3.21. The second-order valence-electron chi connectivity index (χ2n) is 4.22. The van der Waals surface area contributed by atoms with Gasteiger partial charge in [-0.25, -0.2) is 0 Å². The summed E-state index contributed by atoms with van der Waals surface area (Å²) in [5.74, 6) is 0.563. The van der Waals surface area contributed by atoms with Crippen LogP contribution in [0, 0.1) is 0 Å². The van der Waals surface area contributed by atoms with Gasteiger partial charge >= 0.3 is 0 Å². The number of nitrogens with zero attached hydrogens (tertiary/aromatic N) is 1. The summed E-state index contributed by atoms with van der Waals surface area (Å²) in [6.07, 6.45) is 6.30. The van der Waals surface area contributed by atoms with Crippen molar-refractivity contribution in [2.75, 3.05) is 0 Å². The van der Waals surface area contributed by atoms with E-state index in [2.05, 4.69) is 31.0 Å². The number of aromatic nitrogens is 1. The van der Waals surface area contributed by atoms with E-state index in [-0.39, 0.29) is 0 Å². The summed E-state index contributed by atoms with van der Waals surface area (Å²) in [5.41, 5.74) is 1.21. The molecule has 82 valence electrons. The van der Waals surface area contributed by atoms with Gasteiger partial charge in [0.05, 0.1) is 12.2 Å². The smallest absolute Gasteiger partial charge is 0.0848 e. The molecule has 1 aromatic rings. The zero-order valence-corrected chi connectivity index (χ0v) is 9.52. The Morgan fingerprint density at radius 2 is 2.20 bits per heavy atom. The fourth-order valence-corrected chi connectivity index (χ4v) is 2.14. The van der Waals surface area contributed by atoms with Crippen LogP contribution in [0.5, 0.6) is 0 Å². The van der Waals surface area contributed by atoms with E-state index in [1.165, 1.54) is 5.69 Å². The van der Waals surface area contributed by atoms with E-state index in [0.717, 1.165) is 19.3 Å². The van der Waals surface area contributed by atoms with Gasteiger partial charge in [0.25, 0.3) is 0 Å². The molecule has 1 fully saturated rings. The molecule has 2 heteroatoms. The van der Waals surface area contributed by atoms with Crippen LogP contribution in [0.4, 0.5) is 0 Å². The van der Waals surface area contributed by atoms with Crippen molar-refractivity contribution in [1.29, 1.82) is 0 Å². The first-order chi connectivity index (χ1) is 7.35. The summed E-state index contributed by atoms with van der Waals surface area (Å²) in [4.78, 5) is 4.43. The van der Waals surface area contributed by atoms with Crippen molar-refractivity contribution in [3.8, 4) is 0 Å². The van der Waals surface area contributed by atoms with Crippen LogP contribution < -0.4 is 0 Å². The summed E-state index contributed by atoms with van der Waals surface area (Å²) in [7, 11) is 0. The lowest BCUT2D eigenvalue weighted by Gasteiger charge is -2.12. The minimum Gasteiger partial charge on any atom is -0.370 e. The monoisotopic (exact) mass is 205 g/mol. The molecule has 3 unspecified atom stereocenters. The average molecular weight is 205 g/mol. The van der Waals surface area contributed by atoms with Crippen molar-refractivity contribution in [2.24, 2.45) is 0 Å². The fourth-order valence-electron chi connectivity index (χ4n) is 2.14. The van der Waals surface area contributed by atoms with Crippen LogP contribution in [0.1, 0.15) is 44.7 Å². The van der Waals surface area contributed by atoms with E-state index in [1.807, 2.05) is 12.3 Å². The maximum absolute atomic E-state index is 5.59. The van der Waals surface area contributed by atoms with Crippen molar-refractivity contribution >= 4 is 0 Å². The summed E-state index contributed by atoms with van der Waals surface area (Å²) >= 11 is 0. The van der Waals surface area contributed by atoms with Crippen LogP contribution in [0.3, 0.4) is 0 Å². The summed E-state index contributed by atoms with van der Waals surface area (Å²) in [6, 6.07) is 6.16. The van der Waals surface area contributed by atoms with Gasteiger partial charge in [0.1, 0.15) is 0 Å². The average Bonchev–Trinajstić information content (AvgIpc) is 3.05. The van der Waals surface area contributed by atoms with Crippen LogP contribution in [0.25, 0.3) is 0 Å². The van der Waals surface area contributed by atoms with Crippen molar-refractivity contribution in [3.63, 3.8) is 0 Å². The Morgan fingerprint density at radius 3 is 2.73 bits per heavy atom. The lowest BCUT2D eigenvalue weighted by molar-refractivity contribution is 0.348. The zero-order valence-electron chi connectivity index (χ0n) is 9.52. The van der Waals surface area contributed by atoms with Gasteiger partial charge in [-0.3, -0.25) is 4.98 Å². The molecule has 0 radical (unpaired) electrons. The van der Waals surface area contributed by atoms with E-state index in [0.29, 0.717) is 18.1 Å². The lowest BCUT2D eigenvalue weighted by Crippen LogP contribution is -2.05. The highest BCUT2D eigenvalue weighted by atomic mass is 16.6. The molecule has 0 spiro atoms. The molecule has 1 aliphatic rings. The maximum atomic E-state index is 5.59. The van der Waals surface area contributed by atoms with Gasteiger partial charge in [0, 0.05) is 17.8 Å². The predicted molar refractivity (Wildman–Crippen MR) is 60.8 cm³/mol. The molecule has 0 N–H and O–H groups in total. The fraction of sp³-hybridized carbons (Fsp3) is 0.615. The number of epoxide rings is 1. The van der Waals surface area contributed by atoms with Crippen LogP contribution in [0.2, 0.25) is 0 Å². The lowest BCUT2D eigenvalue weighted by atomic mass is 9.95. The van der Waals surface area contributed by atoms with E-state index in [4.69, 9.17) is 4.74 Å². The summed E-state index contributed by atoms with van der Waals surface area (Å²) < 4.78 is 5.59. The topological polar surface area (TPSA) is 25.4 Å². The molecule has 0 amide bonds.